The molecule has 0 heterocycles. The van der Waals surface area contributed by atoms with Gasteiger partial charge in [0.05, 0.1) is 6.61 Å². The van der Waals surface area contributed by atoms with Crippen molar-refractivity contribution in [1.82, 2.24) is 15.5 Å². The molecule has 0 aliphatic carbocycles. The molecule has 0 saturated carbocycles. The number of hydrogen-bond acceptors (Lipinski definition) is 4. The molecule has 7 nitrogen and oxygen atoms in total. The summed E-state index contributed by atoms with van der Waals surface area (Å²) in [5, 5.41) is 5.65. The number of amides is 3. The van der Waals surface area contributed by atoms with Crippen LogP contribution in [0.25, 0.3) is 0 Å². The van der Waals surface area contributed by atoms with E-state index >= 15 is 0 Å². The number of aryl methyl sites for hydroxylation is 3. The number of rotatable bonds is 20. The van der Waals surface area contributed by atoms with Crippen LogP contribution >= 0.6 is 0 Å². The summed E-state index contributed by atoms with van der Waals surface area (Å²) in [5.74, 6) is 1.15. The quantitative estimate of drug-likeness (QED) is 0.146. The highest BCUT2D eigenvalue weighted by molar-refractivity contribution is 5.76. The van der Waals surface area contributed by atoms with Crippen LogP contribution in [0.2, 0.25) is 0 Å². The number of carbonyl (C=O) groups excluding carboxylic acids is 3. The second-order valence-electron chi connectivity index (χ2n) is 11.8. The largest absolute Gasteiger partial charge is 0.494 e. The maximum absolute atomic E-state index is 12.6. The lowest BCUT2D eigenvalue weighted by atomic mass is 10.0. The highest BCUT2D eigenvalue weighted by Gasteiger charge is 2.10. The molecule has 3 rings (SSSR count). The van der Waals surface area contributed by atoms with Crippen molar-refractivity contribution in [2.45, 2.75) is 84.1 Å². The van der Waals surface area contributed by atoms with Crippen molar-refractivity contribution in [3.8, 4) is 5.75 Å². The molecule has 0 unspecified atom stereocenters. The van der Waals surface area contributed by atoms with E-state index in [0.29, 0.717) is 39.0 Å². The zero-order valence-electron chi connectivity index (χ0n) is 27.4. The Kier molecular flexibility index (Phi) is 15.7. The smallest absolute Gasteiger partial charge is 0.222 e. The molecule has 0 aliphatic heterocycles. The van der Waals surface area contributed by atoms with Crippen LogP contribution in [0.4, 0.5) is 0 Å². The van der Waals surface area contributed by atoms with E-state index in [1.54, 1.807) is 7.05 Å². The van der Waals surface area contributed by atoms with E-state index in [-0.39, 0.29) is 17.7 Å². The summed E-state index contributed by atoms with van der Waals surface area (Å²) in [5.41, 5.74) is 6.07. The predicted octanol–water partition coefficient (Wildman–Crippen LogP) is 6.34. The van der Waals surface area contributed by atoms with E-state index in [2.05, 4.69) is 66.1 Å². The summed E-state index contributed by atoms with van der Waals surface area (Å²) in [6.07, 6.45) is 8.56. The molecular formula is C38H51N3O4. The Labute approximate surface area is 269 Å². The Morgan fingerprint density at radius 3 is 1.89 bits per heavy atom. The van der Waals surface area contributed by atoms with Crippen molar-refractivity contribution in [2.24, 2.45) is 0 Å². The van der Waals surface area contributed by atoms with E-state index in [9.17, 15) is 14.4 Å². The molecule has 0 radical (unpaired) electrons. The van der Waals surface area contributed by atoms with Crippen molar-refractivity contribution >= 4 is 17.7 Å². The van der Waals surface area contributed by atoms with Gasteiger partial charge in [0.1, 0.15) is 5.75 Å². The maximum atomic E-state index is 12.6. The molecule has 0 fully saturated rings. The fourth-order valence-electron chi connectivity index (χ4n) is 5.07. The van der Waals surface area contributed by atoms with Gasteiger partial charge in [-0.1, -0.05) is 66.2 Å². The summed E-state index contributed by atoms with van der Waals surface area (Å²) in [6, 6.07) is 25.0. The Morgan fingerprint density at radius 1 is 0.644 bits per heavy atom. The van der Waals surface area contributed by atoms with Crippen LogP contribution in [0.3, 0.4) is 0 Å². The first kappa shape index (κ1) is 35.4. The standard InChI is InChI=1S/C38H51N3O4/c1-30-14-16-32(17-15-30)10-8-13-38(44)41(3)29-34-20-18-31(19-21-34)9-4-5-12-37(43)40-27-26-33-22-24-35(25-23-33)45-28-7-6-11-36(42)39-2/h14-25H,4-13,26-29H2,1-3H3,(H,39,42)(H,40,43). The van der Waals surface area contributed by atoms with Crippen LogP contribution in [0.1, 0.15) is 79.2 Å². The van der Waals surface area contributed by atoms with Gasteiger partial charge in [0, 0.05) is 46.4 Å². The molecule has 3 aromatic carbocycles. The second kappa shape index (κ2) is 20.0. The number of hydrogen-bond donors (Lipinski definition) is 2. The van der Waals surface area contributed by atoms with Gasteiger partial charge in [-0.3, -0.25) is 14.4 Å². The first-order chi connectivity index (χ1) is 21.8. The maximum Gasteiger partial charge on any atom is 0.222 e. The van der Waals surface area contributed by atoms with Crippen LogP contribution in [-0.2, 0) is 40.2 Å². The van der Waals surface area contributed by atoms with Crippen LogP contribution < -0.4 is 15.4 Å². The van der Waals surface area contributed by atoms with Gasteiger partial charge < -0.3 is 20.3 Å². The monoisotopic (exact) mass is 613 g/mol. The summed E-state index contributed by atoms with van der Waals surface area (Å²) in [6.45, 7) is 3.90. The Bertz CT molecular complexity index is 1300. The van der Waals surface area contributed by atoms with Gasteiger partial charge in [-0.15, -0.1) is 0 Å². The molecule has 0 bridgehead atoms. The lowest BCUT2D eigenvalue weighted by molar-refractivity contribution is -0.130. The van der Waals surface area contributed by atoms with Crippen molar-refractivity contribution in [3.05, 3.63) is 101 Å². The zero-order valence-corrected chi connectivity index (χ0v) is 27.4. The van der Waals surface area contributed by atoms with Gasteiger partial charge in [0.15, 0.2) is 0 Å². The topological polar surface area (TPSA) is 87.7 Å². The van der Waals surface area contributed by atoms with Gasteiger partial charge in [0.2, 0.25) is 17.7 Å². The molecule has 45 heavy (non-hydrogen) atoms. The molecule has 0 aromatic heterocycles. The Hall–Kier alpha value is -4.13. The summed E-state index contributed by atoms with van der Waals surface area (Å²) >= 11 is 0. The third kappa shape index (κ3) is 14.5. The summed E-state index contributed by atoms with van der Waals surface area (Å²) in [7, 11) is 3.53. The molecular weight excluding hydrogens is 562 g/mol. The van der Waals surface area contributed by atoms with Gasteiger partial charge >= 0.3 is 0 Å². The molecule has 0 spiro atoms. The lowest BCUT2D eigenvalue weighted by Gasteiger charge is -2.17. The normalized spacial score (nSPS) is 10.7. The van der Waals surface area contributed by atoms with Crippen molar-refractivity contribution in [1.29, 1.82) is 0 Å². The molecule has 3 amide bonds. The van der Waals surface area contributed by atoms with Crippen LogP contribution in [-0.4, -0.2) is 49.9 Å². The third-order valence-electron chi connectivity index (χ3n) is 7.97. The predicted molar refractivity (Wildman–Crippen MR) is 181 cm³/mol. The second-order valence-corrected chi connectivity index (χ2v) is 11.8. The lowest BCUT2D eigenvalue weighted by Crippen LogP contribution is -2.26. The van der Waals surface area contributed by atoms with Gasteiger partial charge in [0.25, 0.3) is 0 Å². The first-order valence-corrected chi connectivity index (χ1v) is 16.4. The van der Waals surface area contributed by atoms with Gasteiger partial charge in [-0.05, 0) is 92.7 Å². The van der Waals surface area contributed by atoms with Crippen molar-refractivity contribution in [2.75, 3.05) is 27.2 Å². The molecule has 2 N–H and O–H groups in total. The summed E-state index contributed by atoms with van der Waals surface area (Å²) < 4.78 is 5.75. The number of benzene rings is 3. The molecule has 242 valence electrons. The Balaban J connectivity index is 1.22. The Morgan fingerprint density at radius 2 is 1.20 bits per heavy atom. The van der Waals surface area contributed by atoms with Crippen LogP contribution in [0, 0.1) is 6.92 Å². The highest BCUT2D eigenvalue weighted by atomic mass is 16.5. The number of carbonyl (C=O) groups is 3. The number of ether oxygens (including phenoxy) is 1. The van der Waals surface area contributed by atoms with Gasteiger partial charge in [-0.2, -0.15) is 0 Å². The van der Waals surface area contributed by atoms with E-state index < -0.39 is 0 Å². The average molecular weight is 614 g/mol. The van der Waals surface area contributed by atoms with E-state index in [1.807, 2.05) is 36.2 Å². The van der Waals surface area contributed by atoms with Crippen molar-refractivity contribution in [3.63, 3.8) is 0 Å². The fourth-order valence-corrected chi connectivity index (χ4v) is 5.07. The average Bonchev–Trinajstić information content (AvgIpc) is 3.05. The number of nitrogens with zero attached hydrogens (tertiary/aromatic N) is 1. The third-order valence-corrected chi connectivity index (χ3v) is 7.97. The molecule has 0 atom stereocenters. The fraction of sp³-hybridized carbons (Fsp3) is 0.447. The highest BCUT2D eigenvalue weighted by Crippen LogP contribution is 2.14. The van der Waals surface area contributed by atoms with Crippen LogP contribution in [0.15, 0.2) is 72.8 Å². The first-order valence-electron chi connectivity index (χ1n) is 16.4. The molecule has 0 aliphatic rings. The minimum absolute atomic E-state index is 0.0591. The minimum atomic E-state index is 0.0591. The SMILES string of the molecule is CNC(=O)CCCCOc1ccc(CCNC(=O)CCCCc2ccc(CN(C)C(=O)CCCc3ccc(C)cc3)cc2)cc1. The van der Waals surface area contributed by atoms with E-state index in [4.69, 9.17) is 4.74 Å². The van der Waals surface area contributed by atoms with Crippen LogP contribution in [0.5, 0.6) is 5.75 Å². The van der Waals surface area contributed by atoms with E-state index in [0.717, 1.165) is 68.2 Å². The number of unbranched alkanes of at least 4 members (excludes halogenated alkanes) is 2. The summed E-state index contributed by atoms with van der Waals surface area (Å²) in [4.78, 5) is 37.9. The van der Waals surface area contributed by atoms with Gasteiger partial charge in [-0.25, -0.2) is 0 Å². The zero-order chi connectivity index (χ0) is 32.3. The molecule has 7 heteroatoms. The van der Waals surface area contributed by atoms with Crippen molar-refractivity contribution < 1.29 is 19.1 Å². The molecule has 3 aromatic rings. The number of nitrogens with one attached hydrogen (secondary N) is 2. The molecule has 0 saturated heterocycles. The minimum Gasteiger partial charge on any atom is -0.494 e. The van der Waals surface area contributed by atoms with E-state index in [1.165, 1.54) is 16.7 Å².